The van der Waals surface area contributed by atoms with Crippen LogP contribution in [-0.2, 0) is 25.7 Å². The van der Waals surface area contributed by atoms with Crippen molar-refractivity contribution >= 4 is 45.8 Å². The molecule has 5 heterocycles. The number of benzene rings is 3. The highest BCUT2D eigenvalue weighted by molar-refractivity contribution is 6.07. The number of alkyl carbamates (subject to hydrolysis) is 1. The van der Waals surface area contributed by atoms with Crippen LogP contribution in [0.2, 0.25) is 0 Å². The Balaban J connectivity index is 1.05. The van der Waals surface area contributed by atoms with E-state index < -0.39 is 30.3 Å². The zero-order chi connectivity index (χ0) is 42.4. The number of H-pyrrole nitrogens is 2. The summed E-state index contributed by atoms with van der Waals surface area (Å²) in [4.78, 5) is 71.3. The predicted octanol–water partition coefficient (Wildman–Crippen LogP) is 6.68. The number of hydrogen-bond acceptors (Lipinski definition) is 9. The molecular weight excluding hydrogens is 769 g/mol. The molecule has 8 rings (SSSR count). The highest BCUT2D eigenvalue weighted by Crippen LogP contribution is 2.43. The number of methoxy groups -OCH3 is 1. The number of hydrogen-bond donors (Lipinski definition) is 5. The Kier molecular flexibility index (Phi) is 11.2. The van der Waals surface area contributed by atoms with E-state index in [0.29, 0.717) is 44.4 Å². The summed E-state index contributed by atoms with van der Waals surface area (Å²) < 4.78 is 17.2. The van der Waals surface area contributed by atoms with Gasteiger partial charge in [-0.15, -0.1) is 0 Å². The molecule has 16 nitrogen and oxygen atoms in total. The van der Waals surface area contributed by atoms with Gasteiger partial charge in [-0.2, -0.15) is 0 Å². The molecule has 4 amide bonds. The van der Waals surface area contributed by atoms with Gasteiger partial charge in [0.05, 0.1) is 48.2 Å². The maximum Gasteiger partial charge on any atom is 0.407 e. The molecule has 5 aromatic rings. The van der Waals surface area contributed by atoms with Crippen LogP contribution < -0.4 is 15.4 Å². The number of aromatic nitrogens is 4. The minimum atomic E-state index is -1.22. The van der Waals surface area contributed by atoms with Crippen LogP contribution in [0.5, 0.6) is 5.75 Å². The standard InChI is InChI=1S/C44H52N8O8/c1-7-59-27-17-34(52(20-27)42(54)37(23(4)5)50-44(57)58-6)40-46-31-13-11-24-16-30-28-12-10-25(15-26(28)21-60-35(30)18-29(24)38(31)48-40)32-19-45-39(47-32)33-9-8-14-51(33)41(53)36(22(2)3)49-43(55)56/h10-13,15-16,18-19,22-23,27,33-34,36-37,49H,7-9,14,17,20-21H2,1-6H3,(H,45,47)(H,46,48)(H,50,57)(H,55,56)/t27-,33-,34-,36-,37-/m0/s1. The van der Waals surface area contributed by atoms with Crippen molar-refractivity contribution in [2.75, 3.05) is 26.8 Å². The van der Waals surface area contributed by atoms with Gasteiger partial charge in [0.1, 0.15) is 36.1 Å². The van der Waals surface area contributed by atoms with Crippen LogP contribution in [0.3, 0.4) is 0 Å². The Hall–Kier alpha value is -6.16. The van der Waals surface area contributed by atoms with Gasteiger partial charge in [0.15, 0.2) is 0 Å². The molecule has 2 saturated heterocycles. The van der Waals surface area contributed by atoms with Crippen LogP contribution in [0.15, 0.2) is 48.7 Å². The minimum Gasteiger partial charge on any atom is -0.488 e. The van der Waals surface area contributed by atoms with Gasteiger partial charge in [-0.05, 0) is 77.9 Å². The third-order valence-corrected chi connectivity index (χ3v) is 12.0. The topological polar surface area (TPSA) is 204 Å². The quantitative estimate of drug-likeness (QED) is 0.0956. The molecule has 5 N–H and O–H groups in total. The van der Waals surface area contributed by atoms with Gasteiger partial charge in [-0.3, -0.25) is 9.59 Å². The molecule has 0 bridgehead atoms. The molecule has 3 aliphatic rings. The predicted molar refractivity (Wildman–Crippen MR) is 223 cm³/mol. The number of ether oxygens (including phenoxy) is 3. The first kappa shape index (κ1) is 40.6. The molecule has 0 unspecified atom stereocenters. The van der Waals surface area contributed by atoms with E-state index in [4.69, 9.17) is 19.2 Å². The Labute approximate surface area is 347 Å². The highest BCUT2D eigenvalue weighted by atomic mass is 16.5. The Morgan fingerprint density at radius 1 is 0.933 bits per heavy atom. The fourth-order valence-corrected chi connectivity index (χ4v) is 8.97. The molecule has 3 aromatic carbocycles. The summed E-state index contributed by atoms with van der Waals surface area (Å²) in [5.74, 6) is 1.23. The van der Waals surface area contributed by atoms with Crippen molar-refractivity contribution in [2.45, 2.75) is 90.8 Å². The normalized spacial score (nSPS) is 19.6. The average molecular weight is 821 g/mol. The van der Waals surface area contributed by atoms with E-state index in [0.717, 1.165) is 68.3 Å². The molecule has 5 atom stereocenters. The summed E-state index contributed by atoms with van der Waals surface area (Å²) in [7, 11) is 1.28. The maximum absolute atomic E-state index is 14.0. The van der Waals surface area contributed by atoms with Crippen molar-refractivity contribution in [1.82, 2.24) is 40.4 Å². The van der Waals surface area contributed by atoms with Gasteiger partial charge in [0.2, 0.25) is 11.8 Å². The number of rotatable bonds is 11. The van der Waals surface area contributed by atoms with Crippen LogP contribution in [0.25, 0.3) is 44.2 Å². The Morgan fingerprint density at radius 2 is 1.70 bits per heavy atom. The molecule has 0 radical (unpaired) electrons. The lowest BCUT2D eigenvalue weighted by atomic mass is 9.92. The second-order valence-electron chi connectivity index (χ2n) is 16.5. The summed E-state index contributed by atoms with van der Waals surface area (Å²) in [5, 5.41) is 16.4. The molecule has 0 aliphatic carbocycles. The second-order valence-corrected chi connectivity index (χ2v) is 16.5. The number of aromatic amines is 2. The molecule has 3 aliphatic heterocycles. The van der Waals surface area contributed by atoms with Gasteiger partial charge in [-0.25, -0.2) is 19.6 Å². The van der Waals surface area contributed by atoms with Gasteiger partial charge in [-0.1, -0.05) is 45.9 Å². The Bertz CT molecular complexity index is 2460. The lowest BCUT2D eigenvalue weighted by molar-refractivity contribution is -0.136. The summed E-state index contributed by atoms with van der Waals surface area (Å²) in [5.41, 5.74) is 6.40. The fraction of sp³-hybridized carbons (Fsp3) is 0.455. The molecule has 0 spiro atoms. The van der Waals surface area contributed by atoms with E-state index in [9.17, 15) is 24.3 Å². The van der Waals surface area contributed by atoms with Crippen LogP contribution >= 0.6 is 0 Å². The van der Waals surface area contributed by atoms with E-state index in [1.807, 2.05) is 52.8 Å². The number of nitrogens with one attached hydrogen (secondary N) is 4. The first-order chi connectivity index (χ1) is 28.8. The number of nitrogens with zero attached hydrogens (tertiary/aromatic N) is 4. The van der Waals surface area contributed by atoms with Crippen molar-refractivity contribution in [3.8, 4) is 28.1 Å². The SMILES string of the molecule is CCO[C@H]1C[C@@H](c2nc3ccc4cc5c(cc4c3[nH]2)OCc2cc(-c3cnc([C@@H]4CCCN4C(=O)[C@@H](NC(=O)O)C(C)C)[nH]3)ccc2-5)N(C(=O)[C@@H](NC(=O)OC)C(C)C)C1. The highest BCUT2D eigenvalue weighted by Gasteiger charge is 2.42. The molecule has 2 aromatic heterocycles. The summed E-state index contributed by atoms with van der Waals surface area (Å²) in [6.07, 6.45) is 1.80. The third-order valence-electron chi connectivity index (χ3n) is 12.0. The number of likely N-dealkylation sites (tertiary alicyclic amines) is 2. The van der Waals surface area contributed by atoms with E-state index in [1.54, 1.807) is 16.0 Å². The third kappa shape index (κ3) is 7.59. The number of imidazole rings is 2. The van der Waals surface area contributed by atoms with Crippen LogP contribution in [-0.4, -0.2) is 104 Å². The van der Waals surface area contributed by atoms with Gasteiger partial charge in [0, 0.05) is 37.1 Å². The lowest BCUT2D eigenvalue weighted by Gasteiger charge is -2.29. The zero-order valence-corrected chi connectivity index (χ0v) is 34.7. The molecular formula is C44H52N8O8. The number of amides is 4. The van der Waals surface area contributed by atoms with Crippen LogP contribution in [0, 0.1) is 11.8 Å². The smallest absolute Gasteiger partial charge is 0.407 e. The van der Waals surface area contributed by atoms with E-state index in [-0.39, 0.29) is 35.8 Å². The number of fused-ring (bicyclic) bond motifs is 6. The van der Waals surface area contributed by atoms with Crippen molar-refractivity contribution < 1.29 is 38.5 Å². The summed E-state index contributed by atoms with van der Waals surface area (Å²) >= 11 is 0. The van der Waals surface area contributed by atoms with Gasteiger partial charge >= 0.3 is 12.2 Å². The summed E-state index contributed by atoms with van der Waals surface area (Å²) in [6.45, 7) is 11.1. The molecule has 2 fully saturated rings. The maximum atomic E-state index is 14.0. The first-order valence-corrected chi connectivity index (χ1v) is 20.7. The van der Waals surface area contributed by atoms with Crippen molar-refractivity contribution in [1.29, 1.82) is 0 Å². The molecule has 16 heteroatoms. The van der Waals surface area contributed by atoms with Crippen molar-refractivity contribution in [2.24, 2.45) is 11.8 Å². The van der Waals surface area contributed by atoms with Crippen molar-refractivity contribution in [3.63, 3.8) is 0 Å². The van der Waals surface area contributed by atoms with Gasteiger partial charge in [0.25, 0.3) is 0 Å². The van der Waals surface area contributed by atoms with E-state index in [2.05, 4.69) is 49.9 Å². The number of carbonyl (C=O) groups excluding carboxylic acids is 3. The van der Waals surface area contributed by atoms with E-state index >= 15 is 0 Å². The first-order valence-electron chi connectivity index (χ1n) is 20.7. The number of carboxylic acid groups (broad SMARTS) is 1. The second kappa shape index (κ2) is 16.5. The summed E-state index contributed by atoms with van der Waals surface area (Å²) in [6, 6.07) is 12.2. The van der Waals surface area contributed by atoms with Gasteiger partial charge < -0.3 is 49.7 Å². The van der Waals surface area contributed by atoms with Crippen LogP contribution in [0.4, 0.5) is 9.59 Å². The average Bonchev–Trinajstić information content (AvgIpc) is 4.06. The molecule has 0 saturated carbocycles. The largest absolute Gasteiger partial charge is 0.488 e. The Morgan fingerprint density at radius 3 is 2.43 bits per heavy atom. The van der Waals surface area contributed by atoms with Crippen LogP contribution in [0.1, 0.15) is 83.2 Å². The minimum absolute atomic E-state index is 0.175. The van der Waals surface area contributed by atoms with Crippen molar-refractivity contribution in [3.05, 3.63) is 65.9 Å². The van der Waals surface area contributed by atoms with E-state index in [1.165, 1.54) is 7.11 Å². The fourth-order valence-electron chi connectivity index (χ4n) is 8.97. The molecule has 60 heavy (non-hydrogen) atoms. The molecule has 316 valence electrons. The zero-order valence-electron chi connectivity index (χ0n) is 34.7. The monoisotopic (exact) mass is 820 g/mol. The lowest BCUT2D eigenvalue weighted by Crippen LogP contribution is -2.51. The number of carbonyl (C=O) groups is 4.